The molecule has 48 heavy (non-hydrogen) atoms. The molecule has 0 unspecified atom stereocenters. The number of ether oxygens (including phenoxy) is 1. The van der Waals surface area contributed by atoms with Crippen molar-refractivity contribution >= 4 is 32.6 Å². The summed E-state index contributed by atoms with van der Waals surface area (Å²) in [6.45, 7) is 0. The second-order valence-corrected chi connectivity index (χ2v) is 11.9. The Kier molecular flexibility index (Phi) is 6.76. The van der Waals surface area contributed by atoms with Crippen molar-refractivity contribution in [3.63, 3.8) is 0 Å². The Balaban J connectivity index is 1.32. The zero-order valence-corrected chi connectivity index (χ0v) is 26.0. The normalized spacial score (nSPS) is 11.3. The lowest BCUT2D eigenvalue weighted by atomic mass is 10.1. The lowest BCUT2D eigenvalue weighted by molar-refractivity contribution is 0.481. The predicted octanol–water partition coefficient (Wildman–Crippen LogP) is 11.5. The number of aromatic nitrogens is 3. The summed E-state index contributed by atoms with van der Waals surface area (Å²) in [6, 6.07) is 60.6. The van der Waals surface area contributed by atoms with Crippen LogP contribution in [0.15, 0.2) is 176 Å². The summed E-state index contributed by atoms with van der Waals surface area (Å²) in [5.41, 5.74) is 7.83. The molecule has 4 nitrogen and oxygen atoms in total. The van der Waals surface area contributed by atoms with E-state index >= 15 is 0 Å². The number of hydrogen-bond acceptors (Lipinski definition) is 3. The van der Waals surface area contributed by atoms with Gasteiger partial charge in [-0.3, -0.25) is 0 Å². The van der Waals surface area contributed by atoms with Crippen molar-refractivity contribution in [2.75, 3.05) is 0 Å². The van der Waals surface area contributed by atoms with Crippen LogP contribution in [-0.4, -0.2) is 14.5 Å². The minimum atomic E-state index is 0.682. The summed E-state index contributed by atoms with van der Waals surface area (Å²) in [5.74, 6) is 2.21. The minimum absolute atomic E-state index is 0.682. The van der Waals surface area contributed by atoms with Gasteiger partial charge >= 0.3 is 0 Å². The Labute approximate surface area is 278 Å². The molecule has 9 rings (SSSR count). The number of rotatable bonds is 6. The fraction of sp³-hybridized carbons (Fsp3) is 0. The molecule has 4 heteroatoms. The van der Waals surface area contributed by atoms with Crippen LogP contribution in [0, 0.1) is 0 Å². The van der Waals surface area contributed by atoms with E-state index in [2.05, 4.69) is 114 Å². The highest BCUT2D eigenvalue weighted by Crippen LogP contribution is 2.40. The van der Waals surface area contributed by atoms with E-state index in [1.54, 1.807) is 0 Å². The van der Waals surface area contributed by atoms with E-state index in [0.717, 1.165) is 56.3 Å². The van der Waals surface area contributed by atoms with Crippen molar-refractivity contribution in [2.24, 2.45) is 0 Å². The molecule has 226 valence electrons. The molecule has 2 heterocycles. The first-order valence-electron chi connectivity index (χ1n) is 16.1. The summed E-state index contributed by atoms with van der Waals surface area (Å²) in [7, 11) is 0. The van der Waals surface area contributed by atoms with Gasteiger partial charge in [-0.05, 0) is 65.4 Å². The van der Waals surface area contributed by atoms with E-state index in [0.29, 0.717) is 5.82 Å². The Morgan fingerprint density at radius 3 is 1.77 bits per heavy atom. The van der Waals surface area contributed by atoms with Gasteiger partial charge in [0.1, 0.15) is 5.75 Å². The molecule has 0 aliphatic heterocycles. The largest absolute Gasteiger partial charge is 0.455 e. The van der Waals surface area contributed by atoms with Crippen LogP contribution in [0.2, 0.25) is 0 Å². The molecule has 0 amide bonds. The third-order valence-electron chi connectivity index (χ3n) is 8.83. The highest BCUT2D eigenvalue weighted by Gasteiger charge is 2.19. The predicted molar refractivity (Wildman–Crippen MR) is 197 cm³/mol. The molecule has 0 fully saturated rings. The number of nitrogens with zero attached hydrogens (tertiary/aromatic N) is 3. The van der Waals surface area contributed by atoms with Gasteiger partial charge in [0, 0.05) is 27.5 Å². The Bertz CT molecular complexity index is 2520. The summed E-state index contributed by atoms with van der Waals surface area (Å²) in [5, 5.41) is 4.78. The minimum Gasteiger partial charge on any atom is -0.455 e. The van der Waals surface area contributed by atoms with Gasteiger partial charge in [-0.15, -0.1) is 0 Å². The van der Waals surface area contributed by atoms with Crippen molar-refractivity contribution in [3.8, 4) is 51.1 Å². The number of benzene rings is 7. The van der Waals surface area contributed by atoms with Crippen molar-refractivity contribution in [1.82, 2.24) is 14.5 Å². The Hall–Kier alpha value is -6.52. The zero-order chi connectivity index (χ0) is 31.9. The van der Waals surface area contributed by atoms with E-state index in [-0.39, 0.29) is 0 Å². The first-order chi connectivity index (χ1) is 23.8. The SMILES string of the molecule is c1ccc(Oc2ccc(-c3cc(-c4ccccc4)nc(-c4ccccc4)n3)cc2-n2c3ccccc3c3cc4ccccc4cc32)cc1. The molecule has 9 aromatic rings. The van der Waals surface area contributed by atoms with Crippen LogP contribution in [0.25, 0.3) is 72.2 Å². The molecule has 0 bridgehead atoms. The third kappa shape index (κ3) is 4.97. The Morgan fingerprint density at radius 1 is 0.417 bits per heavy atom. The molecule has 7 aromatic carbocycles. The van der Waals surface area contributed by atoms with E-state index in [4.69, 9.17) is 14.7 Å². The van der Waals surface area contributed by atoms with Crippen molar-refractivity contribution in [1.29, 1.82) is 0 Å². The lowest BCUT2D eigenvalue weighted by Crippen LogP contribution is -2.00. The lowest BCUT2D eigenvalue weighted by Gasteiger charge is -2.17. The monoisotopic (exact) mass is 615 g/mol. The quantitative estimate of drug-likeness (QED) is 0.187. The zero-order valence-electron chi connectivity index (χ0n) is 26.0. The fourth-order valence-corrected chi connectivity index (χ4v) is 6.54. The van der Waals surface area contributed by atoms with Gasteiger partial charge in [0.25, 0.3) is 0 Å². The second kappa shape index (κ2) is 11.7. The van der Waals surface area contributed by atoms with E-state index in [1.165, 1.54) is 21.5 Å². The highest BCUT2D eigenvalue weighted by molar-refractivity contribution is 6.13. The molecule has 0 saturated heterocycles. The maximum absolute atomic E-state index is 6.64. The van der Waals surface area contributed by atoms with Gasteiger partial charge < -0.3 is 9.30 Å². The number of hydrogen-bond donors (Lipinski definition) is 0. The van der Waals surface area contributed by atoms with Crippen LogP contribution in [0.5, 0.6) is 11.5 Å². The van der Waals surface area contributed by atoms with Crippen LogP contribution >= 0.6 is 0 Å². The summed E-state index contributed by atoms with van der Waals surface area (Å²) >= 11 is 0. The molecular formula is C44H29N3O. The van der Waals surface area contributed by atoms with Gasteiger partial charge in [-0.25, -0.2) is 9.97 Å². The molecule has 0 atom stereocenters. The average molecular weight is 616 g/mol. The van der Waals surface area contributed by atoms with Crippen molar-refractivity contribution in [3.05, 3.63) is 176 Å². The molecule has 0 spiro atoms. The second-order valence-electron chi connectivity index (χ2n) is 11.9. The van der Waals surface area contributed by atoms with Gasteiger partial charge in [0.05, 0.1) is 28.1 Å². The first kappa shape index (κ1) is 27.8. The molecule has 0 N–H and O–H groups in total. The highest BCUT2D eigenvalue weighted by atomic mass is 16.5. The van der Waals surface area contributed by atoms with Crippen LogP contribution in [0.4, 0.5) is 0 Å². The first-order valence-corrected chi connectivity index (χ1v) is 16.1. The number of fused-ring (bicyclic) bond motifs is 4. The summed E-state index contributed by atoms with van der Waals surface area (Å²) in [4.78, 5) is 10.2. The van der Waals surface area contributed by atoms with Gasteiger partial charge in [-0.1, -0.05) is 121 Å². The molecule has 0 saturated carbocycles. The van der Waals surface area contributed by atoms with Crippen molar-refractivity contribution < 1.29 is 4.74 Å². The molecular weight excluding hydrogens is 587 g/mol. The fourth-order valence-electron chi connectivity index (χ4n) is 6.54. The molecule has 0 aliphatic carbocycles. The molecule has 2 aromatic heterocycles. The standard InChI is InChI=1S/C44H29N3O/c1-4-14-30(15-5-1)38-29-39(46-44(45-38)31-16-6-2-7-17-31)34-24-25-43(48-35-20-8-3-9-21-35)42(28-34)47-40-23-13-12-22-36(40)37-26-32-18-10-11-19-33(32)27-41(37)47/h1-29H. The van der Waals surface area contributed by atoms with Gasteiger partial charge in [0.2, 0.25) is 0 Å². The van der Waals surface area contributed by atoms with E-state index in [9.17, 15) is 0 Å². The van der Waals surface area contributed by atoms with Crippen LogP contribution in [0.1, 0.15) is 0 Å². The average Bonchev–Trinajstić information content (AvgIpc) is 3.48. The Morgan fingerprint density at radius 2 is 1.02 bits per heavy atom. The maximum Gasteiger partial charge on any atom is 0.160 e. The topological polar surface area (TPSA) is 39.9 Å². The summed E-state index contributed by atoms with van der Waals surface area (Å²) in [6.07, 6.45) is 0. The van der Waals surface area contributed by atoms with Crippen LogP contribution < -0.4 is 4.74 Å². The third-order valence-corrected chi connectivity index (χ3v) is 8.83. The van der Waals surface area contributed by atoms with E-state index < -0.39 is 0 Å². The van der Waals surface area contributed by atoms with Crippen molar-refractivity contribution in [2.45, 2.75) is 0 Å². The number of para-hydroxylation sites is 2. The van der Waals surface area contributed by atoms with Crippen LogP contribution in [-0.2, 0) is 0 Å². The summed E-state index contributed by atoms with van der Waals surface area (Å²) < 4.78 is 8.97. The smallest absolute Gasteiger partial charge is 0.160 e. The van der Waals surface area contributed by atoms with Crippen LogP contribution in [0.3, 0.4) is 0 Å². The van der Waals surface area contributed by atoms with E-state index in [1.807, 2.05) is 66.7 Å². The molecule has 0 radical (unpaired) electrons. The maximum atomic E-state index is 6.64. The molecule has 0 aliphatic rings. The van der Waals surface area contributed by atoms with Gasteiger partial charge in [-0.2, -0.15) is 0 Å². The van der Waals surface area contributed by atoms with Gasteiger partial charge in [0.15, 0.2) is 11.6 Å².